The van der Waals surface area contributed by atoms with Crippen LogP contribution in [0.2, 0.25) is 0 Å². The predicted octanol–water partition coefficient (Wildman–Crippen LogP) is 2.72. The Kier molecular flexibility index (Phi) is 3.60. The van der Waals surface area contributed by atoms with E-state index in [4.69, 9.17) is 10.2 Å². The number of aryl methyl sites for hydroxylation is 2. The van der Waals surface area contributed by atoms with Gasteiger partial charge in [-0.05, 0) is 25.5 Å². The van der Waals surface area contributed by atoms with Gasteiger partial charge in [0.15, 0.2) is 0 Å². The summed E-state index contributed by atoms with van der Waals surface area (Å²) in [5.74, 6) is 1.73. The molecule has 0 aliphatic heterocycles. The number of furan rings is 1. The zero-order valence-corrected chi connectivity index (χ0v) is 11.1. The highest BCUT2D eigenvalue weighted by Gasteiger charge is 2.16. The Morgan fingerprint density at radius 3 is 2.94 bits per heavy atom. The Bertz CT molecular complexity index is 501. The molecule has 2 rings (SSSR count). The molecule has 0 amide bonds. The van der Waals surface area contributed by atoms with E-state index in [1.165, 1.54) is 0 Å². The number of rotatable bonds is 5. The third-order valence-corrected chi connectivity index (χ3v) is 2.97. The summed E-state index contributed by atoms with van der Waals surface area (Å²) in [6.07, 6.45) is 3.60. The minimum atomic E-state index is 0.0622. The molecular weight excluding hydrogens is 228 g/mol. The quantitative estimate of drug-likeness (QED) is 0.853. The Morgan fingerprint density at radius 2 is 2.33 bits per heavy atom. The number of hydrogen-bond acceptors (Lipinski definition) is 4. The van der Waals surface area contributed by atoms with Gasteiger partial charge in [-0.2, -0.15) is 5.10 Å². The van der Waals surface area contributed by atoms with Gasteiger partial charge >= 0.3 is 0 Å². The van der Waals surface area contributed by atoms with Crippen molar-refractivity contribution in [2.24, 2.45) is 7.05 Å². The van der Waals surface area contributed by atoms with Crippen molar-refractivity contribution in [3.8, 4) is 0 Å². The van der Waals surface area contributed by atoms with Crippen LogP contribution in [0.1, 0.15) is 37.8 Å². The molecule has 98 valence electrons. The summed E-state index contributed by atoms with van der Waals surface area (Å²) >= 11 is 0. The van der Waals surface area contributed by atoms with Crippen LogP contribution in [0.25, 0.3) is 0 Å². The average molecular weight is 248 g/mol. The number of nitrogens with two attached hydrogens (primary N) is 1. The van der Waals surface area contributed by atoms with Crippen molar-refractivity contribution in [2.45, 2.75) is 32.7 Å². The van der Waals surface area contributed by atoms with E-state index < -0.39 is 0 Å². The second kappa shape index (κ2) is 5.16. The molecule has 5 nitrogen and oxygen atoms in total. The highest BCUT2D eigenvalue weighted by Crippen LogP contribution is 2.27. The molecule has 2 aromatic heterocycles. The Labute approximate surface area is 107 Å². The lowest BCUT2D eigenvalue weighted by molar-refractivity contribution is 0.489. The number of nitrogen functional groups attached to an aromatic ring is 1. The first kappa shape index (κ1) is 12.5. The van der Waals surface area contributed by atoms with Gasteiger partial charge in [-0.25, -0.2) is 0 Å². The van der Waals surface area contributed by atoms with Crippen molar-refractivity contribution >= 4 is 11.5 Å². The summed E-state index contributed by atoms with van der Waals surface area (Å²) in [6.45, 7) is 4.15. The maximum Gasteiger partial charge on any atom is 0.148 e. The van der Waals surface area contributed by atoms with Gasteiger partial charge in [-0.15, -0.1) is 0 Å². The minimum absolute atomic E-state index is 0.0622. The Balaban J connectivity index is 2.18. The fraction of sp³-hybridized carbons (Fsp3) is 0.462. The van der Waals surface area contributed by atoms with Crippen LogP contribution in [0.5, 0.6) is 0 Å². The normalized spacial score (nSPS) is 12.6. The maximum atomic E-state index is 6.12. The molecule has 0 radical (unpaired) electrons. The molecule has 5 heteroatoms. The summed E-state index contributed by atoms with van der Waals surface area (Å²) in [7, 11) is 1.90. The van der Waals surface area contributed by atoms with Crippen molar-refractivity contribution in [3.05, 3.63) is 29.9 Å². The Hall–Kier alpha value is -1.91. The van der Waals surface area contributed by atoms with Crippen LogP contribution in [0, 0.1) is 0 Å². The van der Waals surface area contributed by atoms with Gasteiger partial charge in [0.1, 0.15) is 11.6 Å². The lowest BCUT2D eigenvalue weighted by Crippen LogP contribution is -2.10. The third kappa shape index (κ3) is 2.34. The smallest absolute Gasteiger partial charge is 0.148 e. The fourth-order valence-corrected chi connectivity index (χ4v) is 2.00. The number of nitrogens with zero attached hydrogens (tertiary/aromatic N) is 2. The summed E-state index contributed by atoms with van der Waals surface area (Å²) < 4.78 is 7.16. The minimum Gasteiger partial charge on any atom is -0.467 e. The van der Waals surface area contributed by atoms with E-state index >= 15 is 0 Å². The zero-order chi connectivity index (χ0) is 13.1. The molecule has 0 saturated carbocycles. The van der Waals surface area contributed by atoms with Gasteiger partial charge < -0.3 is 15.5 Å². The standard InChI is InChI=1S/C13H20N4O/c1-4-6-10-12(14)13(17(3)16-10)15-9(2)11-7-5-8-18-11/h5,7-9,15H,4,6,14H2,1-3H3. The molecule has 0 bridgehead atoms. The first-order valence-electron chi connectivity index (χ1n) is 6.24. The van der Waals surface area contributed by atoms with Crippen molar-refractivity contribution in [1.29, 1.82) is 0 Å². The van der Waals surface area contributed by atoms with Gasteiger partial charge in [0.25, 0.3) is 0 Å². The van der Waals surface area contributed by atoms with Gasteiger partial charge in [0, 0.05) is 7.05 Å². The van der Waals surface area contributed by atoms with Crippen LogP contribution in [0.15, 0.2) is 22.8 Å². The molecule has 0 aliphatic carbocycles. The van der Waals surface area contributed by atoms with Crippen LogP contribution in [0.3, 0.4) is 0 Å². The SMILES string of the molecule is CCCc1nn(C)c(NC(C)c2ccco2)c1N. The average Bonchev–Trinajstić information content (AvgIpc) is 2.94. The fourth-order valence-electron chi connectivity index (χ4n) is 2.00. The second-order valence-electron chi connectivity index (χ2n) is 4.46. The number of nitrogens with one attached hydrogen (secondary N) is 1. The second-order valence-corrected chi connectivity index (χ2v) is 4.46. The molecule has 18 heavy (non-hydrogen) atoms. The van der Waals surface area contributed by atoms with Crippen LogP contribution >= 0.6 is 0 Å². The summed E-state index contributed by atoms with van der Waals surface area (Å²) in [4.78, 5) is 0. The summed E-state index contributed by atoms with van der Waals surface area (Å²) in [6, 6.07) is 3.88. The molecule has 2 aromatic rings. The lowest BCUT2D eigenvalue weighted by Gasteiger charge is -2.13. The molecule has 2 heterocycles. The van der Waals surface area contributed by atoms with Gasteiger partial charge in [-0.1, -0.05) is 13.3 Å². The van der Waals surface area contributed by atoms with E-state index in [2.05, 4.69) is 17.3 Å². The molecule has 0 saturated heterocycles. The molecule has 0 fully saturated rings. The molecular formula is C13H20N4O. The number of hydrogen-bond donors (Lipinski definition) is 2. The third-order valence-electron chi connectivity index (χ3n) is 2.97. The van der Waals surface area contributed by atoms with E-state index in [-0.39, 0.29) is 6.04 Å². The lowest BCUT2D eigenvalue weighted by atomic mass is 10.2. The van der Waals surface area contributed by atoms with Crippen molar-refractivity contribution in [3.63, 3.8) is 0 Å². The maximum absolute atomic E-state index is 6.12. The monoisotopic (exact) mass is 248 g/mol. The van der Waals surface area contributed by atoms with Gasteiger partial charge in [0.05, 0.1) is 23.7 Å². The molecule has 0 spiro atoms. The van der Waals surface area contributed by atoms with E-state index in [0.717, 1.165) is 35.8 Å². The number of aromatic nitrogens is 2. The predicted molar refractivity (Wildman–Crippen MR) is 72.4 cm³/mol. The zero-order valence-electron chi connectivity index (χ0n) is 11.1. The largest absolute Gasteiger partial charge is 0.467 e. The summed E-state index contributed by atoms with van der Waals surface area (Å²) in [5.41, 5.74) is 7.80. The van der Waals surface area contributed by atoms with Crippen LogP contribution in [-0.2, 0) is 13.5 Å². The van der Waals surface area contributed by atoms with Crippen LogP contribution in [0.4, 0.5) is 11.5 Å². The number of anilines is 2. The molecule has 0 aliphatic rings. The van der Waals surface area contributed by atoms with Crippen LogP contribution < -0.4 is 11.1 Å². The molecule has 3 N–H and O–H groups in total. The first-order valence-corrected chi connectivity index (χ1v) is 6.24. The van der Waals surface area contributed by atoms with E-state index in [1.807, 2.05) is 26.1 Å². The van der Waals surface area contributed by atoms with Crippen molar-refractivity contribution in [2.75, 3.05) is 11.1 Å². The first-order chi connectivity index (χ1) is 8.63. The summed E-state index contributed by atoms with van der Waals surface area (Å²) in [5, 5.41) is 7.77. The van der Waals surface area contributed by atoms with Gasteiger partial charge in [-0.3, -0.25) is 4.68 Å². The molecule has 1 atom stereocenters. The van der Waals surface area contributed by atoms with Crippen molar-refractivity contribution < 1.29 is 4.42 Å². The molecule has 0 aromatic carbocycles. The topological polar surface area (TPSA) is 69.0 Å². The molecule has 1 unspecified atom stereocenters. The van der Waals surface area contributed by atoms with Crippen LogP contribution in [-0.4, -0.2) is 9.78 Å². The van der Waals surface area contributed by atoms with E-state index in [9.17, 15) is 0 Å². The van der Waals surface area contributed by atoms with Crippen molar-refractivity contribution in [1.82, 2.24) is 9.78 Å². The van der Waals surface area contributed by atoms with Gasteiger partial charge in [0.2, 0.25) is 0 Å². The van der Waals surface area contributed by atoms with E-state index in [0.29, 0.717) is 0 Å². The Morgan fingerprint density at radius 1 is 1.56 bits per heavy atom. The highest BCUT2D eigenvalue weighted by molar-refractivity contribution is 5.65. The highest BCUT2D eigenvalue weighted by atomic mass is 16.3. The van der Waals surface area contributed by atoms with E-state index in [1.54, 1.807) is 10.9 Å².